The lowest BCUT2D eigenvalue weighted by molar-refractivity contribution is -0.144. The predicted molar refractivity (Wildman–Crippen MR) is 67.7 cm³/mol. The van der Waals surface area contributed by atoms with Crippen LogP contribution in [0.2, 0.25) is 0 Å². The van der Waals surface area contributed by atoms with E-state index in [1.807, 2.05) is 29.2 Å². The van der Waals surface area contributed by atoms with Gasteiger partial charge >= 0.3 is 5.97 Å². The Hall–Kier alpha value is -1.59. The van der Waals surface area contributed by atoms with Crippen molar-refractivity contribution in [3.63, 3.8) is 0 Å². The monoisotopic (exact) mass is 250 g/mol. The summed E-state index contributed by atoms with van der Waals surface area (Å²) in [4.78, 5) is 13.1. The van der Waals surface area contributed by atoms with E-state index in [2.05, 4.69) is 5.32 Å². The maximum Gasteiger partial charge on any atom is 0.322 e. The van der Waals surface area contributed by atoms with Gasteiger partial charge in [0, 0.05) is 26.2 Å². The number of ether oxygens (including phenoxy) is 1. The van der Waals surface area contributed by atoms with E-state index in [1.165, 1.54) is 0 Å². The highest BCUT2D eigenvalue weighted by molar-refractivity contribution is 5.74. The van der Waals surface area contributed by atoms with E-state index in [0.29, 0.717) is 13.1 Å². The highest BCUT2D eigenvalue weighted by Gasteiger charge is 2.27. The first kappa shape index (κ1) is 12.9. The number of methoxy groups -OCH3 is 1. The molecule has 2 rings (SSSR count). The van der Waals surface area contributed by atoms with Crippen LogP contribution in [-0.4, -0.2) is 48.8 Å². The molecule has 1 aromatic rings. The van der Waals surface area contributed by atoms with Crippen molar-refractivity contribution in [2.45, 2.75) is 12.6 Å². The summed E-state index contributed by atoms with van der Waals surface area (Å²) in [6, 6.07) is 7.29. The molecule has 0 amide bonds. The van der Waals surface area contributed by atoms with Crippen molar-refractivity contribution >= 4 is 5.97 Å². The van der Waals surface area contributed by atoms with Crippen LogP contribution >= 0.6 is 0 Å². The fraction of sp³-hybridized carbons (Fsp3) is 0.462. The zero-order valence-electron chi connectivity index (χ0n) is 10.4. The SMILES string of the molecule is COc1ccc(CN2CCNCC2C(=O)O)cc1. The van der Waals surface area contributed by atoms with E-state index in [4.69, 9.17) is 9.84 Å². The third-order valence-electron chi connectivity index (χ3n) is 3.18. The van der Waals surface area contributed by atoms with Gasteiger partial charge < -0.3 is 15.2 Å². The molecule has 1 fully saturated rings. The number of piperazine rings is 1. The summed E-state index contributed by atoms with van der Waals surface area (Å²) in [7, 11) is 1.63. The smallest absolute Gasteiger partial charge is 0.322 e. The molecule has 0 aromatic heterocycles. The van der Waals surface area contributed by atoms with Gasteiger partial charge in [-0.2, -0.15) is 0 Å². The average molecular weight is 250 g/mol. The van der Waals surface area contributed by atoms with Crippen LogP contribution in [0.1, 0.15) is 5.56 Å². The number of benzene rings is 1. The first-order valence-electron chi connectivity index (χ1n) is 6.01. The number of carboxylic acid groups (broad SMARTS) is 1. The van der Waals surface area contributed by atoms with Crippen molar-refractivity contribution in [1.29, 1.82) is 0 Å². The molecule has 1 saturated heterocycles. The van der Waals surface area contributed by atoms with Crippen LogP contribution in [0, 0.1) is 0 Å². The molecule has 98 valence electrons. The molecule has 1 atom stereocenters. The molecule has 1 aliphatic heterocycles. The lowest BCUT2D eigenvalue weighted by Crippen LogP contribution is -2.54. The van der Waals surface area contributed by atoms with Gasteiger partial charge in [0.1, 0.15) is 11.8 Å². The zero-order valence-corrected chi connectivity index (χ0v) is 10.4. The largest absolute Gasteiger partial charge is 0.497 e. The Bertz CT molecular complexity index is 405. The minimum absolute atomic E-state index is 0.444. The average Bonchev–Trinajstić information content (AvgIpc) is 2.40. The molecule has 0 radical (unpaired) electrons. The van der Waals surface area contributed by atoms with Gasteiger partial charge in [-0.3, -0.25) is 9.69 Å². The fourth-order valence-corrected chi connectivity index (χ4v) is 2.14. The summed E-state index contributed by atoms with van der Waals surface area (Å²) in [5.74, 6) is 0.0459. The summed E-state index contributed by atoms with van der Waals surface area (Å²) in [6.07, 6.45) is 0. The molecule has 0 aliphatic carbocycles. The third-order valence-corrected chi connectivity index (χ3v) is 3.18. The van der Waals surface area contributed by atoms with Crippen LogP contribution in [0.25, 0.3) is 0 Å². The van der Waals surface area contributed by atoms with Crippen molar-refractivity contribution in [2.24, 2.45) is 0 Å². The van der Waals surface area contributed by atoms with Crippen molar-refractivity contribution in [2.75, 3.05) is 26.7 Å². The standard InChI is InChI=1S/C13H18N2O3/c1-18-11-4-2-10(3-5-11)9-15-7-6-14-8-12(15)13(16)17/h2-5,12,14H,6-9H2,1H3,(H,16,17). The molecule has 1 aliphatic rings. The van der Waals surface area contributed by atoms with E-state index < -0.39 is 12.0 Å². The van der Waals surface area contributed by atoms with Crippen LogP contribution in [-0.2, 0) is 11.3 Å². The van der Waals surface area contributed by atoms with Gasteiger partial charge in [-0.15, -0.1) is 0 Å². The lowest BCUT2D eigenvalue weighted by atomic mass is 10.1. The van der Waals surface area contributed by atoms with Crippen LogP contribution < -0.4 is 10.1 Å². The Labute approximate surface area is 106 Å². The van der Waals surface area contributed by atoms with Gasteiger partial charge in [0.15, 0.2) is 0 Å². The molecule has 2 N–H and O–H groups in total. The number of rotatable bonds is 4. The Morgan fingerprint density at radius 3 is 2.83 bits per heavy atom. The topological polar surface area (TPSA) is 61.8 Å². The second-order valence-electron chi connectivity index (χ2n) is 4.38. The van der Waals surface area contributed by atoms with Gasteiger partial charge in [-0.1, -0.05) is 12.1 Å². The molecular formula is C13H18N2O3. The van der Waals surface area contributed by atoms with E-state index in [0.717, 1.165) is 24.4 Å². The normalized spacial score (nSPS) is 20.6. The predicted octanol–water partition coefficient (Wildman–Crippen LogP) is 0.554. The van der Waals surface area contributed by atoms with Gasteiger partial charge in [-0.05, 0) is 17.7 Å². The van der Waals surface area contributed by atoms with Crippen molar-refractivity contribution in [3.8, 4) is 5.75 Å². The second-order valence-corrected chi connectivity index (χ2v) is 4.38. The summed E-state index contributed by atoms with van der Waals surface area (Å²) in [5, 5.41) is 12.3. The van der Waals surface area contributed by atoms with Gasteiger partial charge in [0.2, 0.25) is 0 Å². The van der Waals surface area contributed by atoms with Crippen molar-refractivity contribution < 1.29 is 14.6 Å². The molecule has 1 unspecified atom stereocenters. The summed E-state index contributed by atoms with van der Waals surface area (Å²) in [6.45, 7) is 2.75. The van der Waals surface area contributed by atoms with E-state index >= 15 is 0 Å². The molecule has 1 aromatic carbocycles. The van der Waals surface area contributed by atoms with Crippen LogP contribution in [0.15, 0.2) is 24.3 Å². The summed E-state index contributed by atoms with van der Waals surface area (Å²) < 4.78 is 5.10. The highest BCUT2D eigenvalue weighted by atomic mass is 16.5. The lowest BCUT2D eigenvalue weighted by Gasteiger charge is -2.33. The first-order valence-corrected chi connectivity index (χ1v) is 6.01. The Morgan fingerprint density at radius 1 is 1.50 bits per heavy atom. The number of hydrogen-bond donors (Lipinski definition) is 2. The molecule has 5 nitrogen and oxygen atoms in total. The molecule has 0 spiro atoms. The van der Waals surface area contributed by atoms with Crippen LogP contribution in [0.3, 0.4) is 0 Å². The van der Waals surface area contributed by atoms with Gasteiger partial charge in [0.05, 0.1) is 7.11 Å². The summed E-state index contributed by atoms with van der Waals surface area (Å²) >= 11 is 0. The van der Waals surface area contributed by atoms with Gasteiger partial charge in [0.25, 0.3) is 0 Å². The summed E-state index contributed by atoms with van der Waals surface area (Å²) in [5.41, 5.74) is 1.10. The Kier molecular flexibility index (Phi) is 4.17. The Morgan fingerprint density at radius 2 is 2.22 bits per heavy atom. The third kappa shape index (κ3) is 3.00. The highest BCUT2D eigenvalue weighted by Crippen LogP contribution is 2.15. The first-order chi connectivity index (χ1) is 8.70. The number of nitrogens with zero attached hydrogens (tertiary/aromatic N) is 1. The molecule has 1 heterocycles. The van der Waals surface area contributed by atoms with Crippen molar-refractivity contribution in [3.05, 3.63) is 29.8 Å². The van der Waals surface area contributed by atoms with E-state index in [-0.39, 0.29) is 0 Å². The van der Waals surface area contributed by atoms with E-state index in [9.17, 15) is 4.79 Å². The molecule has 5 heteroatoms. The number of nitrogens with one attached hydrogen (secondary N) is 1. The zero-order chi connectivity index (χ0) is 13.0. The maximum atomic E-state index is 11.2. The van der Waals surface area contributed by atoms with Crippen LogP contribution in [0.4, 0.5) is 0 Å². The molecule has 0 saturated carbocycles. The quantitative estimate of drug-likeness (QED) is 0.817. The van der Waals surface area contributed by atoms with Gasteiger partial charge in [-0.25, -0.2) is 0 Å². The van der Waals surface area contributed by atoms with Crippen LogP contribution in [0.5, 0.6) is 5.75 Å². The molecule has 18 heavy (non-hydrogen) atoms. The molecular weight excluding hydrogens is 232 g/mol. The Balaban J connectivity index is 2.03. The van der Waals surface area contributed by atoms with Crippen molar-refractivity contribution in [1.82, 2.24) is 10.2 Å². The number of carbonyl (C=O) groups is 1. The minimum Gasteiger partial charge on any atom is -0.497 e. The molecule has 0 bridgehead atoms. The fourth-order valence-electron chi connectivity index (χ4n) is 2.14. The number of carboxylic acids is 1. The van der Waals surface area contributed by atoms with E-state index in [1.54, 1.807) is 7.11 Å². The minimum atomic E-state index is -0.768. The number of hydrogen-bond acceptors (Lipinski definition) is 4. The second kappa shape index (κ2) is 5.84. The maximum absolute atomic E-state index is 11.2. The number of aliphatic carboxylic acids is 1.